The summed E-state index contributed by atoms with van der Waals surface area (Å²) in [5, 5.41) is 6.22. The van der Waals surface area contributed by atoms with Crippen LogP contribution >= 0.6 is 11.3 Å². The first kappa shape index (κ1) is 7.47. The summed E-state index contributed by atoms with van der Waals surface area (Å²) in [6.45, 7) is -0.267. The zero-order valence-corrected chi connectivity index (χ0v) is 6.00. The number of rotatable bonds is 3. The van der Waals surface area contributed by atoms with E-state index in [9.17, 15) is 8.78 Å². The molecule has 56 valence electrons. The maximum atomic E-state index is 11.6. The molecule has 0 aromatic carbocycles. The largest absolute Gasteiger partial charge is 0.379 e. The molecule has 0 unspecified atom stereocenters. The molecule has 0 bridgehead atoms. The van der Waals surface area contributed by atoms with E-state index >= 15 is 0 Å². The lowest BCUT2D eigenvalue weighted by atomic mass is 10.5. The predicted octanol–water partition coefficient (Wildman–Crippen LogP) is 2.43. The van der Waals surface area contributed by atoms with Crippen LogP contribution in [0, 0.1) is 0 Å². The molecule has 1 aromatic rings. The van der Waals surface area contributed by atoms with Crippen molar-refractivity contribution in [2.24, 2.45) is 0 Å². The highest BCUT2D eigenvalue weighted by Crippen LogP contribution is 2.11. The smallest absolute Gasteiger partial charge is 0.255 e. The lowest BCUT2D eigenvalue weighted by Crippen LogP contribution is -2.09. The van der Waals surface area contributed by atoms with Crippen molar-refractivity contribution in [2.45, 2.75) is 6.43 Å². The first-order valence-corrected chi connectivity index (χ1v) is 3.77. The van der Waals surface area contributed by atoms with Crippen LogP contribution in [0.3, 0.4) is 0 Å². The van der Waals surface area contributed by atoms with Crippen molar-refractivity contribution in [1.29, 1.82) is 0 Å². The van der Waals surface area contributed by atoms with Gasteiger partial charge in [0.1, 0.15) is 0 Å². The van der Waals surface area contributed by atoms with E-state index in [1.54, 1.807) is 11.4 Å². The van der Waals surface area contributed by atoms with Crippen LogP contribution in [0.2, 0.25) is 0 Å². The molecule has 0 fully saturated rings. The molecule has 0 saturated carbocycles. The fourth-order valence-electron chi connectivity index (χ4n) is 0.560. The molecule has 0 radical (unpaired) electrons. The molecule has 1 aromatic heterocycles. The van der Waals surface area contributed by atoms with Crippen molar-refractivity contribution in [3.63, 3.8) is 0 Å². The van der Waals surface area contributed by atoms with Crippen molar-refractivity contribution in [1.82, 2.24) is 0 Å². The van der Waals surface area contributed by atoms with Gasteiger partial charge in [-0.2, -0.15) is 11.3 Å². The fourth-order valence-corrected chi connectivity index (χ4v) is 1.17. The highest BCUT2D eigenvalue weighted by molar-refractivity contribution is 7.08. The second-order valence-corrected chi connectivity index (χ2v) is 2.56. The van der Waals surface area contributed by atoms with E-state index in [1.165, 1.54) is 11.3 Å². The van der Waals surface area contributed by atoms with Gasteiger partial charge in [-0.25, -0.2) is 8.78 Å². The number of hydrogen-bond acceptors (Lipinski definition) is 2. The third-order valence-corrected chi connectivity index (χ3v) is 1.66. The number of alkyl halides is 2. The van der Waals surface area contributed by atoms with Crippen LogP contribution in [-0.4, -0.2) is 13.0 Å². The molecule has 0 aliphatic carbocycles. The van der Waals surface area contributed by atoms with Crippen molar-refractivity contribution >= 4 is 17.0 Å². The van der Waals surface area contributed by atoms with E-state index in [1.807, 2.05) is 5.38 Å². The molecule has 10 heavy (non-hydrogen) atoms. The first-order valence-electron chi connectivity index (χ1n) is 2.83. The molecule has 0 saturated heterocycles. The maximum Gasteiger partial charge on any atom is 0.255 e. The van der Waals surface area contributed by atoms with Gasteiger partial charge in [-0.15, -0.1) is 0 Å². The minimum absolute atomic E-state index is 0.267. The maximum absolute atomic E-state index is 11.6. The summed E-state index contributed by atoms with van der Waals surface area (Å²) in [5.41, 5.74) is 0.769. The number of halogens is 2. The topological polar surface area (TPSA) is 12.0 Å². The Morgan fingerprint density at radius 2 is 2.40 bits per heavy atom. The van der Waals surface area contributed by atoms with Crippen molar-refractivity contribution in [2.75, 3.05) is 11.9 Å². The monoisotopic (exact) mass is 163 g/mol. The fraction of sp³-hybridized carbons (Fsp3) is 0.333. The third kappa shape index (κ3) is 2.31. The molecule has 0 atom stereocenters. The molecule has 4 heteroatoms. The van der Waals surface area contributed by atoms with E-state index in [0.29, 0.717) is 0 Å². The van der Waals surface area contributed by atoms with Gasteiger partial charge in [0.15, 0.2) is 0 Å². The van der Waals surface area contributed by atoms with Gasteiger partial charge in [-0.05, 0) is 11.4 Å². The van der Waals surface area contributed by atoms with Crippen LogP contribution in [0.15, 0.2) is 16.8 Å². The molecule has 0 aliphatic rings. The molecule has 1 nitrogen and oxygen atoms in total. The normalized spacial score (nSPS) is 10.3. The Morgan fingerprint density at radius 3 is 2.90 bits per heavy atom. The SMILES string of the molecule is FC(F)CNc1ccsc1. The number of nitrogens with one attached hydrogen (secondary N) is 1. The molecule has 0 spiro atoms. The van der Waals surface area contributed by atoms with Gasteiger partial charge >= 0.3 is 0 Å². The summed E-state index contributed by atoms with van der Waals surface area (Å²) in [6.07, 6.45) is -2.28. The van der Waals surface area contributed by atoms with Crippen LogP contribution in [0.1, 0.15) is 0 Å². The van der Waals surface area contributed by atoms with Crippen LogP contribution in [0.5, 0.6) is 0 Å². The van der Waals surface area contributed by atoms with Crippen molar-refractivity contribution in [3.8, 4) is 0 Å². The van der Waals surface area contributed by atoms with E-state index in [4.69, 9.17) is 0 Å². The Balaban J connectivity index is 2.28. The summed E-state index contributed by atoms with van der Waals surface area (Å²) in [5.74, 6) is 0. The van der Waals surface area contributed by atoms with Gasteiger partial charge in [0, 0.05) is 11.1 Å². The predicted molar refractivity (Wildman–Crippen MR) is 38.8 cm³/mol. The van der Waals surface area contributed by atoms with Crippen LogP contribution in [-0.2, 0) is 0 Å². The summed E-state index contributed by atoms with van der Waals surface area (Å²) in [4.78, 5) is 0. The zero-order valence-electron chi connectivity index (χ0n) is 5.18. The lowest BCUT2D eigenvalue weighted by Gasteiger charge is -2.00. The quantitative estimate of drug-likeness (QED) is 0.721. The van der Waals surface area contributed by atoms with Crippen LogP contribution in [0.4, 0.5) is 14.5 Å². The summed E-state index contributed by atoms with van der Waals surface area (Å²) in [6, 6.07) is 1.77. The molecular formula is C6H7F2NS. The van der Waals surface area contributed by atoms with Crippen LogP contribution < -0.4 is 5.32 Å². The Hall–Kier alpha value is -0.640. The zero-order chi connectivity index (χ0) is 7.40. The minimum atomic E-state index is -2.28. The summed E-state index contributed by atoms with van der Waals surface area (Å²) < 4.78 is 23.1. The molecular weight excluding hydrogens is 156 g/mol. The Kier molecular flexibility index (Phi) is 2.62. The highest BCUT2D eigenvalue weighted by Gasteiger charge is 2.00. The molecule has 1 N–H and O–H groups in total. The van der Waals surface area contributed by atoms with E-state index in [2.05, 4.69) is 5.32 Å². The van der Waals surface area contributed by atoms with E-state index < -0.39 is 6.43 Å². The number of thiophene rings is 1. The van der Waals surface area contributed by atoms with Gasteiger partial charge in [-0.1, -0.05) is 0 Å². The summed E-state index contributed by atoms with van der Waals surface area (Å²) >= 11 is 1.48. The second-order valence-electron chi connectivity index (χ2n) is 1.78. The Morgan fingerprint density at radius 1 is 1.60 bits per heavy atom. The average Bonchev–Trinajstić information content (AvgIpc) is 2.34. The first-order chi connectivity index (χ1) is 4.79. The number of anilines is 1. The molecule has 1 heterocycles. The lowest BCUT2D eigenvalue weighted by molar-refractivity contribution is 0.163. The molecule has 0 aliphatic heterocycles. The Bertz CT molecular complexity index is 174. The van der Waals surface area contributed by atoms with E-state index in [0.717, 1.165) is 5.69 Å². The third-order valence-electron chi connectivity index (χ3n) is 0.982. The van der Waals surface area contributed by atoms with Crippen molar-refractivity contribution in [3.05, 3.63) is 16.8 Å². The van der Waals surface area contributed by atoms with Gasteiger partial charge in [0.25, 0.3) is 6.43 Å². The molecule has 0 amide bonds. The molecule has 1 rings (SSSR count). The van der Waals surface area contributed by atoms with Crippen molar-refractivity contribution < 1.29 is 8.78 Å². The summed E-state index contributed by atoms with van der Waals surface area (Å²) in [7, 11) is 0. The van der Waals surface area contributed by atoms with Gasteiger partial charge < -0.3 is 5.32 Å². The minimum Gasteiger partial charge on any atom is -0.379 e. The standard InChI is InChI=1S/C6H7F2NS/c7-6(8)3-9-5-1-2-10-4-5/h1-2,4,6,9H,3H2. The van der Waals surface area contributed by atoms with Gasteiger partial charge in [-0.3, -0.25) is 0 Å². The van der Waals surface area contributed by atoms with E-state index in [-0.39, 0.29) is 6.54 Å². The van der Waals surface area contributed by atoms with Gasteiger partial charge in [0.05, 0.1) is 6.54 Å². The Labute approximate surface area is 61.7 Å². The second kappa shape index (κ2) is 3.51. The number of hydrogen-bond donors (Lipinski definition) is 1. The average molecular weight is 163 g/mol. The highest BCUT2D eigenvalue weighted by atomic mass is 32.1. The van der Waals surface area contributed by atoms with Crippen LogP contribution in [0.25, 0.3) is 0 Å². The van der Waals surface area contributed by atoms with Gasteiger partial charge in [0.2, 0.25) is 0 Å².